The van der Waals surface area contributed by atoms with E-state index in [0.717, 1.165) is 29.5 Å². The third-order valence-corrected chi connectivity index (χ3v) is 3.96. The van der Waals surface area contributed by atoms with Crippen molar-refractivity contribution in [3.63, 3.8) is 0 Å². The van der Waals surface area contributed by atoms with E-state index in [0.29, 0.717) is 6.04 Å². The van der Waals surface area contributed by atoms with Crippen molar-refractivity contribution in [1.29, 1.82) is 0 Å². The van der Waals surface area contributed by atoms with Crippen LogP contribution in [0.4, 0.5) is 0 Å². The lowest BCUT2D eigenvalue weighted by molar-refractivity contribution is 0.289. The van der Waals surface area contributed by atoms with Gasteiger partial charge < -0.3 is 10.1 Å². The second kappa shape index (κ2) is 7.01. The van der Waals surface area contributed by atoms with Crippen LogP contribution >= 0.6 is 11.6 Å². The molecule has 1 aromatic carbocycles. The van der Waals surface area contributed by atoms with Crippen molar-refractivity contribution in [2.24, 2.45) is 0 Å². The quantitative estimate of drug-likeness (QED) is 0.816. The zero-order valence-electron chi connectivity index (χ0n) is 11.0. The van der Waals surface area contributed by atoms with Crippen molar-refractivity contribution < 1.29 is 4.74 Å². The van der Waals surface area contributed by atoms with Crippen molar-refractivity contribution >= 4 is 11.6 Å². The van der Waals surface area contributed by atoms with Crippen LogP contribution in [0.1, 0.15) is 37.7 Å². The first kappa shape index (κ1) is 13.7. The highest BCUT2D eigenvalue weighted by atomic mass is 35.5. The van der Waals surface area contributed by atoms with Crippen molar-refractivity contribution in [2.75, 3.05) is 13.2 Å². The SMILES string of the molecule is Cc1cc(OCCNC2CCCCC2)ccc1Cl. The summed E-state index contributed by atoms with van der Waals surface area (Å²) in [6, 6.07) is 6.51. The fourth-order valence-electron chi connectivity index (χ4n) is 2.45. The van der Waals surface area contributed by atoms with Gasteiger partial charge in [-0.1, -0.05) is 30.9 Å². The number of aryl methyl sites for hydroxylation is 1. The molecule has 0 bridgehead atoms. The summed E-state index contributed by atoms with van der Waals surface area (Å²) < 4.78 is 5.71. The maximum absolute atomic E-state index is 5.98. The highest BCUT2D eigenvalue weighted by Crippen LogP contribution is 2.21. The average molecular weight is 268 g/mol. The van der Waals surface area contributed by atoms with Crippen LogP contribution in [0.5, 0.6) is 5.75 Å². The van der Waals surface area contributed by atoms with Crippen LogP contribution in [-0.2, 0) is 0 Å². The van der Waals surface area contributed by atoms with Gasteiger partial charge in [0.1, 0.15) is 12.4 Å². The summed E-state index contributed by atoms with van der Waals surface area (Å²) in [5.74, 6) is 0.905. The number of nitrogens with one attached hydrogen (secondary N) is 1. The minimum atomic E-state index is 0.703. The van der Waals surface area contributed by atoms with Crippen LogP contribution in [0.25, 0.3) is 0 Å². The summed E-state index contributed by atoms with van der Waals surface area (Å²) in [5.41, 5.74) is 1.06. The monoisotopic (exact) mass is 267 g/mol. The maximum Gasteiger partial charge on any atom is 0.119 e. The van der Waals surface area contributed by atoms with Gasteiger partial charge in [-0.2, -0.15) is 0 Å². The third kappa shape index (κ3) is 4.18. The molecule has 1 aliphatic carbocycles. The lowest BCUT2D eigenvalue weighted by Crippen LogP contribution is -2.34. The molecule has 0 unspecified atom stereocenters. The molecule has 0 amide bonds. The normalized spacial score (nSPS) is 16.8. The van der Waals surface area contributed by atoms with Crippen molar-refractivity contribution in [1.82, 2.24) is 5.32 Å². The van der Waals surface area contributed by atoms with E-state index in [4.69, 9.17) is 16.3 Å². The van der Waals surface area contributed by atoms with Gasteiger partial charge in [0.05, 0.1) is 0 Å². The summed E-state index contributed by atoms with van der Waals surface area (Å²) >= 11 is 5.98. The number of hydrogen-bond donors (Lipinski definition) is 1. The molecule has 0 atom stereocenters. The summed E-state index contributed by atoms with van der Waals surface area (Å²) in [6.07, 6.45) is 6.78. The molecule has 1 N–H and O–H groups in total. The lowest BCUT2D eigenvalue weighted by atomic mass is 9.96. The van der Waals surface area contributed by atoms with Gasteiger partial charge in [0.25, 0.3) is 0 Å². The summed E-state index contributed by atoms with van der Waals surface area (Å²) in [6.45, 7) is 3.64. The Balaban J connectivity index is 1.66. The van der Waals surface area contributed by atoms with Crippen LogP contribution in [0, 0.1) is 6.92 Å². The first-order chi connectivity index (χ1) is 8.75. The van der Waals surface area contributed by atoms with Gasteiger partial charge in [0, 0.05) is 17.6 Å². The van der Waals surface area contributed by atoms with Gasteiger partial charge >= 0.3 is 0 Å². The molecule has 1 aromatic rings. The highest BCUT2D eigenvalue weighted by Gasteiger charge is 2.11. The van der Waals surface area contributed by atoms with E-state index in [1.807, 2.05) is 25.1 Å². The van der Waals surface area contributed by atoms with Crippen LogP contribution in [0.2, 0.25) is 5.02 Å². The second-order valence-corrected chi connectivity index (χ2v) is 5.46. The zero-order valence-corrected chi connectivity index (χ0v) is 11.8. The van der Waals surface area contributed by atoms with Crippen molar-refractivity contribution in [3.8, 4) is 5.75 Å². The van der Waals surface area contributed by atoms with Crippen LogP contribution in [0.15, 0.2) is 18.2 Å². The molecule has 1 aliphatic rings. The van der Waals surface area contributed by atoms with Crippen LogP contribution < -0.4 is 10.1 Å². The minimum Gasteiger partial charge on any atom is -0.492 e. The fourth-order valence-corrected chi connectivity index (χ4v) is 2.56. The minimum absolute atomic E-state index is 0.703. The number of hydrogen-bond acceptors (Lipinski definition) is 2. The predicted molar refractivity (Wildman–Crippen MR) is 76.6 cm³/mol. The molecular formula is C15H22ClNO. The molecule has 100 valence electrons. The number of ether oxygens (including phenoxy) is 1. The van der Waals surface area contributed by atoms with Gasteiger partial charge in [-0.05, 0) is 43.5 Å². The van der Waals surface area contributed by atoms with Crippen molar-refractivity contribution in [2.45, 2.75) is 45.1 Å². The molecule has 0 saturated heterocycles. The molecule has 2 rings (SSSR count). The molecule has 18 heavy (non-hydrogen) atoms. The van der Waals surface area contributed by atoms with E-state index >= 15 is 0 Å². The molecule has 1 saturated carbocycles. The molecule has 0 radical (unpaired) electrons. The summed E-state index contributed by atoms with van der Waals surface area (Å²) in [4.78, 5) is 0. The van der Waals surface area contributed by atoms with E-state index in [2.05, 4.69) is 5.32 Å². The van der Waals surface area contributed by atoms with E-state index in [9.17, 15) is 0 Å². The third-order valence-electron chi connectivity index (χ3n) is 3.54. The number of rotatable bonds is 5. The lowest BCUT2D eigenvalue weighted by Gasteiger charge is -2.22. The molecule has 0 heterocycles. The largest absolute Gasteiger partial charge is 0.492 e. The van der Waals surface area contributed by atoms with E-state index in [-0.39, 0.29) is 0 Å². The van der Waals surface area contributed by atoms with Gasteiger partial charge in [-0.25, -0.2) is 0 Å². The topological polar surface area (TPSA) is 21.3 Å². The zero-order chi connectivity index (χ0) is 12.8. The molecule has 3 heteroatoms. The molecule has 2 nitrogen and oxygen atoms in total. The first-order valence-electron chi connectivity index (χ1n) is 6.88. The Labute approximate surface area is 115 Å². The van der Waals surface area contributed by atoms with Crippen LogP contribution in [-0.4, -0.2) is 19.2 Å². The molecular weight excluding hydrogens is 246 g/mol. The Morgan fingerprint density at radius 1 is 1.28 bits per heavy atom. The Hall–Kier alpha value is -0.730. The average Bonchev–Trinajstić information content (AvgIpc) is 2.40. The summed E-state index contributed by atoms with van der Waals surface area (Å²) in [7, 11) is 0. The van der Waals surface area contributed by atoms with Gasteiger partial charge in [0.2, 0.25) is 0 Å². The molecule has 0 aromatic heterocycles. The van der Waals surface area contributed by atoms with E-state index in [1.54, 1.807) is 0 Å². The highest BCUT2D eigenvalue weighted by molar-refractivity contribution is 6.31. The molecule has 0 spiro atoms. The van der Waals surface area contributed by atoms with Crippen molar-refractivity contribution in [3.05, 3.63) is 28.8 Å². The second-order valence-electron chi connectivity index (χ2n) is 5.05. The predicted octanol–water partition coefficient (Wildman–Crippen LogP) is 3.95. The van der Waals surface area contributed by atoms with E-state index in [1.165, 1.54) is 32.1 Å². The molecule has 1 fully saturated rings. The Morgan fingerprint density at radius 2 is 2.06 bits per heavy atom. The number of halogens is 1. The smallest absolute Gasteiger partial charge is 0.119 e. The van der Waals surface area contributed by atoms with Gasteiger partial charge in [-0.3, -0.25) is 0 Å². The Morgan fingerprint density at radius 3 is 2.78 bits per heavy atom. The first-order valence-corrected chi connectivity index (χ1v) is 7.26. The standard InChI is InChI=1S/C15H22ClNO/c1-12-11-14(7-8-15(12)16)18-10-9-17-13-5-3-2-4-6-13/h7-8,11,13,17H,2-6,9-10H2,1H3. The van der Waals surface area contributed by atoms with Crippen LogP contribution in [0.3, 0.4) is 0 Å². The fraction of sp³-hybridized carbons (Fsp3) is 0.600. The maximum atomic E-state index is 5.98. The Kier molecular flexibility index (Phi) is 5.33. The number of benzene rings is 1. The molecule has 0 aliphatic heterocycles. The summed E-state index contributed by atoms with van der Waals surface area (Å²) in [5, 5.41) is 4.36. The van der Waals surface area contributed by atoms with E-state index < -0.39 is 0 Å². The van der Waals surface area contributed by atoms with Gasteiger partial charge in [-0.15, -0.1) is 0 Å². The Bertz CT molecular complexity index is 375. The van der Waals surface area contributed by atoms with Gasteiger partial charge in [0.15, 0.2) is 0 Å².